The molecule has 3 aromatic carbocycles. The van der Waals surface area contributed by atoms with Gasteiger partial charge in [-0.05, 0) is 36.1 Å². The van der Waals surface area contributed by atoms with Crippen LogP contribution in [0.3, 0.4) is 0 Å². The van der Waals surface area contributed by atoms with Crippen molar-refractivity contribution in [1.29, 1.82) is 0 Å². The maximum absolute atomic E-state index is 10.0. The minimum absolute atomic E-state index is 0.0750. The first-order chi connectivity index (χ1) is 15.4. The molecule has 0 saturated heterocycles. The predicted molar refractivity (Wildman–Crippen MR) is 131 cm³/mol. The molecule has 0 fully saturated rings. The second-order valence-electron chi connectivity index (χ2n) is 7.71. The van der Waals surface area contributed by atoms with Crippen LogP contribution < -0.4 is 10.6 Å². The fraction of sp³-hybridized carbons (Fsp3) is 0.250. The van der Waals surface area contributed by atoms with Gasteiger partial charge in [-0.3, -0.25) is 10.6 Å². The Kier molecular flexibility index (Phi) is 9.30. The topological polar surface area (TPSA) is 105 Å². The minimum atomic E-state index is -2.27. The molecular weight excluding hydrogens is 442 g/mol. The Balaban J connectivity index is 1.75. The monoisotopic (exact) mass is 472 g/mol. The Labute approximate surface area is 191 Å². The minimum Gasteiger partial charge on any atom is -0.349 e. The van der Waals surface area contributed by atoms with Crippen molar-refractivity contribution in [3.63, 3.8) is 0 Å². The van der Waals surface area contributed by atoms with Gasteiger partial charge in [-0.15, -0.1) is 0 Å². The lowest BCUT2D eigenvalue weighted by molar-refractivity contribution is 0.430. The van der Waals surface area contributed by atoms with E-state index in [1.165, 1.54) is 0 Å². The Bertz CT molecular complexity index is 865. The van der Waals surface area contributed by atoms with Crippen LogP contribution in [-0.2, 0) is 0 Å². The molecule has 0 amide bonds. The first-order valence-electron chi connectivity index (χ1n) is 10.4. The smallest absolute Gasteiger partial charge is 0.188 e. The highest BCUT2D eigenvalue weighted by atomic mass is 31.2. The Morgan fingerprint density at radius 1 is 0.500 bits per heavy atom. The molecule has 8 heteroatoms. The number of hydrogen-bond acceptors (Lipinski definition) is 6. The summed E-state index contributed by atoms with van der Waals surface area (Å²) in [5, 5.41) is 6.59. The van der Waals surface area contributed by atoms with Crippen LogP contribution in [-0.4, -0.2) is 19.6 Å². The lowest BCUT2D eigenvalue weighted by Crippen LogP contribution is -2.25. The van der Waals surface area contributed by atoms with Crippen LogP contribution in [0, 0.1) is 0 Å². The van der Waals surface area contributed by atoms with Gasteiger partial charge in [0, 0.05) is 12.1 Å². The summed E-state index contributed by atoms with van der Waals surface area (Å²) < 4.78 is 0. The molecule has 0 saturated carbocycles. The quantitative estimate of drug-likeness (QED) is 0.233. The molecule has 6 nitrogen and oxygen atoms in total. The van der Waals surface area contributed by atoms with E-state index in [9.17, 15) is 19.6 Å². The van der Waals surface area contributed by atoms with Crippen LogP contribution in [0.5, 0.6) is 0 Å². The first kappa shape index (κ1) is 24.9. The van der Waals surface area contributed by atoms with Gasteiger partial charge in [-0.1, -0.05) is 84.9 Å². The molecule has 0 spiro atoms. The highest BCUT2D eigenvalue weighted by Gasteiger charge is 2.25. The molecule has 6 N–H and O–H groups in total. The van der Waals surface area contributed by atoms with Crippen molar-refractivity contribution in [2.24, 2.45) is 0 Å². The second-order valence-corrected chi connectivity index (χ2v) is 10.0. The van der Waals surface area contributed by atoms with Crippen molar-refractivity contribution in [1.82, 2.24) is 10.6 Å². The van der Waals surface area contributed by atoms with E-state index in [1.54, 1.807) is 24.3 Å². The second kappa shape index (κ2) is 11.9. The standard InChI is InChI=1S/C24H30N2O4P2/c1-17(19-9-5-3-6-10-19)25-23(31(27)28)21-13-15-22(16-14-21)24(32(29)30)26-18(2)20-11-7-4-8-12-20/h3-18,23-30H,1-2H3/t17-,18-,23+,24+/m1/s1. The fourth-order valence-electron chi connectivity index (χ4n) is 3.60. The highest BCUT2D eigenvalue weighted by Crippen LogP contribution is 2.46. The number of hydrogen-bond donors (Lipinski definition) is 6. The maximum Gasteiger partial charge on any atom is 0.188 e. The normalized spacial score (nSPS) is 15.5. The third kappa shape index (κ3) is 6.64. The molecule has 0 aliphatic heterocycles. The van der Waals surface area contributed by atoms with Gasteiger partial charge in [-0.25, -0.2) is 0 Å². The number of benzene rings is 3. The van der Waals surface area contributed by atoms with Crippen molar-refractivity contribution < 1.29 is 19.6 Å². The summed E-state index contributed by atoms with van der Waals surface area (Å²) in [6.45, 7) is 3.95. The van der Waals surface area contributed by atoms with Crippen LogP contribution in [0.15, 0.2) is 84.9 Å². The van der Waals surface area contributed by atoms with Crippen molar-refractivity contribution in [2.75, 3.05) is 0 Å². The molecule has 32 heavy (non-hydrogen) atoms. The van der Waals surface area contributed by atoms with Crippen molar-refractivity contribution in [3.05, 3.63) is 107 Å². The highest BCUT2D eigenvalue weighted by molar-refractivity contribution is 7.45. The van der Waals surface area contributed by atoms with E-state index in [0.717, 1.165) is 22.3 Å². The van der Waals surface area contributed by atoms with E-state index in [1.807, 2.05) is 74.5 Å². The zero-order valence-corrected chi connectivity index (χ0v) is 19.9. The molecule has 0 aliphatic carbocycles. The predicted octanol–water partition coefficient (Wildman–Crippen LogP) is 4.98. The summed E-state index contributed by atoms with van der Waals surface area (Å²) >= 11 is 0. The third-order valence-corrected chi connectivity index (χ3v) is 7.26. The molecule has 0 bridgehead atoms. The molecular formula is C24H30N2O4P2. The Morgan fingerprint density at radius 2 is 0.812 bits per heavy atom. The molecule has 0 radical (unpaired) electrons. The van der Waals surface area contributed by atoms with Crippen molar-refractivity contribution in [2.45, 2.75) is 37.5 Å². The van der Waals surface area contributed by atoms with E-state index in [-0.39, 0.29) is 12.1 Å². The summed E-state index contributed by atoms with van der Waals surface area (Å²) in [7, 11) is -4.53. The van der Waals surface area contributed by atoms with E-state index in [2.05, 4.69) is 10.6 Å². The van der Waals surface area contributed by atoms with Gasteiger partial charge in [-0.2, -0.15) is 0 Å². The third-order valence-electron chi connectivity index (χ3n) is 5.44. The summed E-state index contributed by atoms with van der Waals surface area (Å²) in [5.74, 6) is -1.26. The van der Waals surface area contributed by atoms with Gasteiger partial charge in [0.25, 0.3) is 0 Å². The fourth-order valence-corrected chi connectivity index (χ4v) is 5.19. The molecule has 0 unspecified atom stereocenters. The van der Waals surface area contributed by atoms with Crippen LogP contribution in [0.25, 0.3) is 0 Å². The summed E-state index contributed by atoms with van der Waals surface area (Å²) in [6.07, 6.45) is 0. The SMILES string of the molecule is C[C@@H](N[C@H](c1ccc([C@@H](N[C@H](C)c2ccccc2)P(O)O)cc1)P(O)O)c1ccccc1. The summed E-state index contributed by atoms with van der Waals surface area (Å²) in [5.41, 5.74) is 3.55. The molecule has 3 rings (SSSR count). The van der Waals surface area contributed by atoms with Gasteiger partial charge >= 0.3 is 0 Å². The van der Waals surface area contributed by atoms with Crippen LogP contribution in [0.2, 0.25) is 0 Å². The Morgan fingerprint density at radius 3 is 1.09 bits per heavy atom. The van der Waals surface area contributed by atoms with E-state index in [0.29, 0.717) is 0 Å². The number of rotatable bonds is 10. The molecule has 170 valence electrons. The molecule has 0 aromatic heterocycles. The zero-order valence-electron chi connectivity index (χ0n) is 18.1. The van der Waals surface area contributed by atoms with Gasteiger partial charge in [0.1, 0.15) is 11.6 Å². The first-order valence-corrected chi connectivity index (χ1v) is 13.1. The summed E-state index contributed by atoms with van der Waals surface area (Å²) in [6, 6.07) is 26.7. The van der Waals surface area contributed by atoms with Crippen LogP contribution in [0.4, 0.5) is 0 Å². The lowest BCUT2D eigenvalue weighted by Gasteiger charge is -2.27. The van der Waals surface area contributed by atoms with Crippen LogP contribution >= 0.6 is 16.8 Å². The van der Waals surface area contributed by atoms with Gasteiger partial charge in [0.15, 0.2) is 16.8 Å². The van der Waals surface area contributed by atoms with E-state index < -0.39 is 28.3 Å². The molecule has 4 atom stereocenters. The molecule has 0 aliphatic rings. The maximum atomic E-state index is 10.0. The van der Waals surface area contributed by atoms with Crippen molar-refractivity contribution >= 4 is 16.8 Å². The average Bonchev–Trinajstić information content (AvgIpc) is 2.81. The summed E-state index contributed by atoms with van der Waals surface area (Å²) in [4.78, 5) is 40.2. The average molecular weight is 472 g/mol. The largest absolute Gasteiger partial charge is 0.349 e. The van der Waals surface area contributed by atoms with Gasteiger partial charge in [0.05, 0.1) is 0 Å². The lowest BCUT2D eigenvalue weighted by atomic mass is 10.1. The van der Waals surface area contributed by atoms with Crippen molar-refractivity contribution in [3.8, 4) is 0 Å². The van der Waals surface area contributed by atoms with Crippen LogP contribution in [0.1, 0.15) is 59.8 Å². The van der Waals surface area contributed by atoms with E-state index in [4.69, 9.17) is 0 Å². The zero-order chi connectivity index (χ0) is 23.1. The van der Waals surface area contributed by atoms with Gasteiger partial charge in [0.2, 0.25) is 0 Å². The Hall–Kier alpha value is -1.72. The molecule has 3 aromatic rings. The van der Waals surface area contributed by atoms with Gasteiger partial charge < -0.3 is 19.6 Å². The number of nitrogens with one attached hydrogen (secondary N) is 2. The molecule has 0 heterocycles. The van der Waals surface area contributed by atoms with E-state index >= 15 is 0 Å².